The van der Waals surface area contributed by atoms with E-state index in [1.54, 1.807) is 19.9 Å². The Morgan fingerprint density at radius 1 is 1.43 bits per heavy atom. The minimum Gasteiger partial charge on any atom is -0.480 e. The number of furan rings is 1. The maximum absolute atomic E-state index is 11.7. The van der Waals surface area contributed by atoms with Crippen LogP contribution in [0.4, 0.5) is 0 Å². The summed E-state index contributed by atoms with van der Waals surface area (Å²) in [6, 6.07) is 2.86. The fourth-order valence-corrected chi connectivity index (χ4v) is 2.25. The molecule has 1 aliphatic carbocycles. The van der Waals surface area contributed by atoms with Gasteiger partial charge in [0.1, 0.15) is 17.6 Å². The van der Waals surface area contributed by atoms with Crippen molar-refractivity contribution in [3.63, 3.8) is 0 Å². The Hall–Kier alpha value is -2.04. The quantitative estimate of drug-likeness (QED) is 0.790. The van der Waals surface area contributed by atoms with Crippen molar-refractivity contribution < 1.29 is 19.1 Å². The van der Waals surface area contributed by atoms with Gasteiger partial charge >= 0.3 is 5.97 Å². The van der Waals surface area contributed by atoms with Gasteiger partial charge in [-0.1, -0.05) is 20.8 Å². The Balaban J connectivity index is 1.92. The van der Waals surface area contributed by atoms with Gasteiger partial charge in [-0.2, -0.15) is 0 Å². The number of carboxylic acid groups (broad SMARTS) is 1. The number of hydrogen-bond acceptors (Lipinski definition) is 3. The van der Waals surface area contributed by atoms with E-state index >= 15 is 0 Å². The molecule has 2 N–H and O–H groups in total. The van der Waals surface area contributed by atoms with Gasteiger partial charge in [-0.3, -0.25) is 4.79 Å². The molecule has 0 spiro atoms. The van der Waals surface area contributed by atoms with Crippen molar-refractivity contribution in [1.29, 1.82) is 0 Å². The molecular weight excluding hydrogens is 270 g/mol. The Labute approximate surface area is 124 Å². The van der Waals surface area contributed by atoms with Gasteiger partial charge in [-0.15, -0.1) is 0 Å². The van der Waals surface area contributed by atoms with Gasteiger partial charge in [-0.05, 0) is 36.5 Å². The van der Waals surface area contributed by atoms with Crippen molar-refractivity contribution in [3.8, 4) is 0 Å². The lowest BCUT2D eigenvalue weighted by atomic mass is 10.0. The average molecular weight is 291 g/mol. The van der Waals surface area contributed by atoms with Crippen molar-refractivity contribution >= 4 is 18.0 Å². The maximum Gasteiger partial charge on any atom is 0.326 e. The molecule has 5 heteroatoms. The molecule has 0 bridgehead atoms. The van der Waals surface area contributed by atoms with Crippen LogP contribution >= 0.6 is 0 Å². The highest BCUT2D eigenvalue weighted by Gasteiger charge is 2.36. The van der Waals surface area contributed by atoms with Gasteiger partial charge in [0, 0.05) is 12.0 Å². The second-order valence-corrected chi connectivity index (χ2v) is 5.96. The normalized spacial score (nSPS) is 22.5. The molecule has 3 atom stereocenters. The van der Waals surface area contributed by atoms with E-state index in [1.807, 2.05) is 12.1 Å². The number of nitrogens with one attached hydrogen (secondary N) is 1. The molecule has 1 fully saturated rings. The third-order valence-corrected chi connectivity index (χ3v) is 3.75. The van der Waals surface area contributed by atoms with Crippen LogP contribution in [0, 0.1) is 11.8 Å². The summed E-state index contributed by atoms with van der Waals surface area (Å²) in [5.41, 5.74) is 0. The van der Waals surface area contributed by atoms with Crippen molar-refractivity contribution in [2.75, 3.05) is 0 Å². The summed E-state index contributed by atoms with van der Waals surface area (Å²) in [5.74, 6) is 1.08. The minimum atomic E-state index is -1.03. The number of carboxylic acids is 1. The monoisotopic (exact) mass is 291 g/mol. The minimum absolute atomic E-state index is 0.175. The Morgan fingerprint density at radius 3 is 2.62 bits per heavy atom. The summed E-state index contributed by atoms with van der Waals surface area (Å²) in [5, 5.41) is 11.5. The third-order valence-electron chi connectivity index (χ3n) is 3.75. The highest BCUT2D eigenvalue weighted by atomic mass is 16.4. The first-order chi connectivity index (χ1) is 9.88. The van der Waals surface area contributed by atoms with Crippen LogP contribution in [0.25, 0.3) is 6.08 Å². The molecule has 1 saturated carbocycles. The van der Waals surface area contributed by atoms with E-state index in [1.165, 1.54) is 6.08 Å². The highest BCUT2D eigenvalue weighted by molar-refractivity contribution is 5.94. The number of aliphatic carboxylic acids is 1. The number of carbonyl (C=O) groups is 2. The Bertz CT molecular complexity index is 558. The summed E-state index contributed by atoms with van der Waals surface area (Å²) in [4.78, 5) is 22.7. The van der Waals surface area contributed by atoms with Crippen LogP contribution in [0.2, 0.25) is 0 Å². The van der Waals surface area contributed by atoms with Crippen LogP contribution in [0.15, 0.2) is 22.6 Å². The van der Waals surface area contributed by atoms with Gasteiger partial charge in [-0.25, -0.2) is 4.79 Å². The number of carbonyl (C=O) groups excluding carboxylic acids is 1. The van der Waals surface area contributed by atoms with E-state index in [0.29, 0.717) is 17.6 Å². The molecule has 1 aliphatic rings. The smallest absolute Gasteiger partial charge is 0.326 e. The van der Waals surface area contributed by atoms with E-state index < -0.39 is 17.9 Å². The van der Waals surface area contributed by atoms with E-state index in [0.717, 1.165) is 12.2 Å². The average Bonchev–Trinajstić information content (AvgIpc) is 2.96. The molecule has 1 amide bonds. The number of hydrogen-bond donors (Lipinski definition) is 2. The van der Waals surface area contributed by atoms with Crippen LogP contribution in [0.3, 0.4) is 0 Å². The summed E-state index contributed by atoms with van der Waals surface area (Å²) in [7, 11) is 0. The number of rotatable bonds is 6. The molecule has 0 radical (unpaired) electrons. The molecule has 1 aromatic rings. The summed E-state index contributed by atoms with van der Waals surface area (Å²) in [6.45, 7) is 5.67. The fourth-order valence-electron chi connectivity index (χ4n) is 2.25. The van der Waals surface area contributed by atoms with Gasteiger partial charge in [0.05, 0.1) is 0 Å². The molecule has 2 rings (SSSR count). The summed E-state index contributed by atoms with van der Waals surface area (Å²) < 4.78 is 5.65. The molecule has 3 unspecified atom stereocenters. The van der Waals surface area contributed by atoms with E-state index in [4.69, 9.17) is 9.52 Å². The van der Waals surface area contributed by atoms with E-state index in [9.17, 15) is 9.59 Å². The standard InChI is InChI=1S/C16H21NO4/c1-9(2)15(16(19)20)17-14(18)7-5-11-4-6-13(21-11)12-8-10(12)3/h4-7,9-10,12,15H,8H2,1-3H3,(H,17,18)(H,19,20)/b7-5+. The van der Waals surface area contributed by atoms with Crippen molar-refractivity contribution in [2.45, 2.75) is 39.2 Å². The van der Waals surface area contributed by atoms with E-state index in [2.05, 4.69) is 12.2 Å². The third kappa shape index (κ3) is 3.97. The summed E-state index contributed by atoms with van der Waals surface area (Å²) in [6.07, 6.45) is 4.01. The highest BCUT2D eigenvalue weighted by Crippen LogP contribution is 2.47. The zero-order valence-electron chi connectivity index (χ0n) is 12.5. The first-order valence-corrected chi connectivity index (χ1v) is 7.19. The summed E-state index contributed by atoms with van der Waals surface area (Å²) >= 11 is 0. The number of amides is 1. The first-order valence-electron chi connectivity index (χ1n) is 7.19. The van der Waals surface area contributed by atoms with Crippen LogP contribution in [0.5, 0.6) is 0 Å². The van der Waals surface area contributed by atoms with Crippen LogP contribution in [0.1, 0.15) is 44.6 Å². The van der Waals surface area contributed by atoms with Crippen LogP contribution < -0.4 is 5.32 Å². The molecule has 0 saturated heterocycles. The predicted molar refractivity (Wildman–Crippen MR) is 78.7 cm³/mol. The Morgan fingerprint density at radius 2 is 2.10 bits per heavy atom. The maximum atomic E-state index is 11.7. The topological polar surface area (TPSA) is 79.5 Å². The van der Waals surface area contributed by atoms with Gasteiger partial charge < -0.3 is 14.8 Å². The van der Waals surface area contributed by atoms with Gasteiger partial charge in [0.2, 0.25) is 5.91 Å². The SMILES string of the molecule is CC(C)C(NC(=O)/C=C/c1ccc(C2CC2C)o1)C(=O)O. The molecule has 0 aromatic carbocycles. The molecular formula is C16H21NO4. The van der Waals surface area contributed by atoms with Crippen molar-refractivity contribution in [3.05, 3.63) is 29.7 Å². The predicted octanol–water partition coefficient (Wildman–Crippen LogP) is 2.64. The lowest BCUT2D eigenvalue weighted by Gasteiger charge is -2.16. The lowest BCUT2D eigenvalue weighted by molar-refractivity contribution is -0.142. The van der Waals surface area contributed by atoms with E-state index in [-0.39, 0.29) is 5.92 Å². The van der Waals surface area contributed by atoms with Crippen molar-refractivity contribution in [2.24, 2.45) is 11.8 Å². The Kier molecular flexibility index (Phi) is 4.50. The molecule has 1 heterocycles. The first kappa shape index (κ1) is 15.4. The molecule has 114 valence electrons. The van der Waals surface area contributed by atoms with Crippen molar-refractivity contribution in [1.82, 2.24) is 5.32 Å². The van der Waals surface area contributed by atoms with Crippen LogP contribution in [-0.4, -0.2) is 23.0 Å². The molecule has 21 heavy (non-hydrogen) atoms. The zero-order chi connectivity index (χ0) is 15.6. The molecule has 0 aliphatic heterocycles. The van der Waals surface area contributed by atoms with Crippen LogP contribution in [-0.2, 0) is 9.59 Å². The van der Waals surface area contributed by atoms with Gasteiger partial charge in [0.15, 0.2) is 0 Å². The second-order valence-electron chi connectivity index (χ2n) is 5.96. The lowest BCUT2D eigenvalue weighted by Crippen LogP contribution is -2.43. The zero-order valence-corrected chi connectivity index (χ0v) is 12.5. The van der Waals surface area contributed by atoms with Gasteiger partial charge in [0.25, 0.3) is 0 Å². The molecule has 1 aromatic heterocycles. The largest absolute Gasteiger partial charge is 0.480 e. The molecule has 5 nitrogen and oxygen atoms in total. The second kappa shape index (κ2) is 6.16. The fraction of sp³-hybridized carbons (Fsp3) is 0.500.